The molecule has 0 heterocycles. The van der Waals surface area contributed by atoms with Gasteiger partial charge in [-0.05, 0) is 122 Å². The molecule has 0 rings (SSSR count). The summed E-state index contributed by atoms with van der Waals surface area (Å²) in [5.41, 5.74) is 0. The zero-order valence-electron chi connectivity index (χ0n) is 62.2. The molecule has 3 N–H and O–H groups in total. The van der Waals surface area contributed by atoms with Gasteiger partial charge in [-0.15, -0.1) is 0 Å². The standard InChI is InChI=1S/C79H142O17P2/c1-5-9-13-17-21-25-29-33-36-40-44-48-52-56-60-64-77(82)90-70-75(96-79(84)66-62-58-54-50-46-42-38-35-31-27-23-19-15-11-7-3)72-94-98(87,88)92-68-73(80)67-91-97(85,86)93-71-74(69-89-76(81)63-59-55-51-47-43-39-32-28-24-20-16-12-8-4)95-78(83)65-61-57-53-49-45-41-37-34-30-26-22-18-14-10-6-2/h21-23,25-27,33-38,73-75,80H,5-20,24,28-32,39-72H2,1-4H3,(H,85,86)(H,87,88)/b25-21-,26-22-,27-23-,36-33-,37-34-,38-35-/t73-,74+,75+/m0/s1. The summed E-state index contributed by atoms with van der Waals surface area (Å²) >= 11 is 0. The minimum absolute atomic E-state index is 0.0780. The van der Waals surface area contributed by atoms with Crippen LogP contribution in [0, 0.1) is 0 Å². The molecular weight excluding hydrogens is 1280 g/mol. The van der Waals surface area contributed by atoms with Crippen molar-refractivity contribution in [3.8, 4) is 0 Å². The third-order valence-electron chi connectivity index (χ3n) is 16.6. The van der Waals surface area contributed by atoms with E-state index in [2.05, 4.69) is 101 Å². The molecule has 0 radical (unpaired) electrons. The first-order valence-electron chi connectivity index (χ1n) is 39.2. The molecule has 0 aromatic carbocycles. The number of carbonyl (C=O) groups is 4. The SMILES string of the molecule is CCCCC/C=C\C/C=C\CCCCCCCC(=O)OC[C@H](COP(=O)(O)OC[C@@H](O)COP(=O)(O)OC[C@@H](COC(=O)CCCCCCCCCCCCCCC)OC(=O)CCCCCCC/C=C\C/C=C\CCCCC)OC(=O)CCCCCCC/C=C\C/C=C\CCCCC. The molecule has 0 aliphatic rings. The van der Waals surface area contributed by atoms with Crippen LogP contribution in [0.15, 0.2) is 72.9 Å². The van der Waals surface area contributed by atoms with Gasteiger partial charge >= 0.3 is 39.5 Å². The molecule has 0 aliphatic heterocycles. The van der Waals surface area contributed by atoms with E-state index in [-0.39, 0.29) is 25.7 Å². The predicted molar refractivity (Wildman–Crippen MR) is 400 cm³/mol. The highest BCUT2D eigenvalue weighted by Crippen LogP contribution is 2.45. The zero-order chi connectivity index (χ0) is 71.8. The van der Waals surface area contributed by atoms with Crippen LogP contribution >= 0.6 is 15.6 Å². The number of unbranched alkanes of at least 4 members (excludes halogenated alkanes) is 36. The van der Waals surface area contributed by atoms with E-state index in [9.17, 15) is 43.2 Å². The summed E-state index contributed by atoms with van der Waals surface area (Å²) in [6.45, 7) is 4.80. The summed E-state index contributed by atoms with van der Waals surface area (Å²) in [5, 5.41) is 10.6. The number of allylic oxidation sites excluding steroid dienone is 12. The minimum atomic E-state index is -4.98. The maximum atomic E-state index is 13.1. The summed E-state index contributed by atoms with van der Waals surface area (Å²) in [6.07, 6.45) is 71.6. The van der Waals surface area contributed by atoms with Crippen LogP contribution in [0.25, 0.3) is 0 Å². The Morgan fingerprint density at radius 1 is 0.286 bits per heavy atom. The highest BCUT2D eigenvalue weighted by molar-refractivity contribution is 7.47. The molecule has 0 saturated heterocycles. The molecule has 570 valence electrons. The van der Waals surface area contributed by atoms with Gasteiger partial charge < -0.3 is 33.8 Å². The number of hydrogen-bond donors (Lipinski definition) is 3. The Balaban J connectivity index is 5.36. The zero-order valence-corrected chi connectivity index (χ0v) is 64.0. The molecule has 5 atom stereocenters. The summed E-state index contributed by atoms with van der Waals surface area (Å²) < 4.78 is 68.5. The molecule has 2 unspecified atom stereocenters. The van der Waals surface area contributed by atoms with E-state index in [0.29, 0.717) is 25.7 Å². The lowest BCUT2D eigenvalue weighted by molar-refractivity contribution is -0.161. The summed E-state index contributed by atoms with van der Waals surface area (Å²) in [5.74, 6) is -2.20. The largest absolute Gasteiger partial charge is 0.472 e. The molecule has 0 saturated carbocycles. The molecule has 0 spiro atoms. The van der Waals surface area contributed by atoms with E-state index in [4.69, 9.17) is 37.0 Å². The first-order chi connectivity index (χ1) is 47.7. The Morgan fingerprint density at radius 3 is 0.776 bits per heavy atom. The van der Waals surface area contributed by atoms with Gasteiger partial charge in [0.15, 0.2) is 12.2 Å². The Bertz CT molecular complexity index is 2140. The van der Waals surface area contributed by atoms with Crippen LogP contribution < -0.4 is 0 Å². The van der Waals surface area contributed by atoms with Crippen molar-refractivity contribution in [1.29, 1.82) is 0 Å². The van der Waals surface area contributed by atoms with Gasteiger partial charge in [0.1, 0.15) is 19.3 Å². The van der Waals surface area contributed by atoms with Crippen LogP contribution in [0.1, 0.15) is 349 Å². The van der Waals surface area contributed by atoms with Gasteiger partial charge in [-0.3, -0.25) is 37.3 Å². The number of phosphoric acid groups is 2. The van der Waals surface area contributed by atoms with Crippen molar-refractivity contribution >= 4 is 39.5 Å². The minimum Gasteiger partial charge on any atom is -0.462 e. The van der Waals surface area contributed by atoms with Crippen LogP contribution in [0.5, 0.6) is 0 Å². The van der Waals surface area contributed by atoms with E-state index in [1.165, 1.54) is 116 Å². The smallest absolute Gasteiger partial charge is 0.462 e. The van der Waals surface area contributed by atoms with Crippen molar-refractivity contribution < 1.29 is 80.2 Å². The average molecular weight is 1430 g/mol. The van der Waals surface area contributed by atoms with Crippen LogP contribution in [0.4, 0.5) is 0 Å². The number of rotatable bonds is 74. The number of hydrogen-bond acceptors (Lipinski definition) is 15. The lowest BCUT2D eigenvalue weighted by Crippen LogP contribution is -2.30. The first-order valence-corrected chi connectivity index (χ1v) is 42.2. The number of ether oxygens (including phenoxy) is 4. The summed E-state index contributed by atoms with van der Waals surface area (Å²) in [4.78, 5) is 72.9. The van der Waals surface area contributed by atoms with Gasteiger partial charge in [-0.2, -0.15) is 0 Å². The van der Waals surface area contributed by atoms with Gasteiger partial charge in [0.05, 0.1) is 26.4 Å². The fourth-order valence-corrected chi connectivity index (χ4v) is 12.2. The van der Waals surface area contributed by atoms with Gasteiger partial charge in [-0.1, -0.05) is 274 Å². The van der Waals surface area contributed by atoms with Gasteiger partial charge in [0.25, 0.3) is 0 Å². The molecule has 0 aromatic heterocycles. The molecular formula is C79H142O17P2. The van der Waals surface area contributed by atoms with Crippen LogP contribution in [0.3, 0.4) is 0 Å². The first kappa shape index (κ1) is 94.5. The van der Waals surface area contributed by atoms with Crippen molar-refractivity contribution in [1.82, 2.24) is 0 Å². The molecule has 0 aliphatic carbocycles. The lowest BCUT2D eigenvalue weighted by atomic mass is 10.0. The van der Waals surface area contributed by atoms with E-state index in [1.54, 1.807) is 0 Å². The fraction of sp³-hybridized carbons (Fsp3) is 0.797. The van der Waals surface area contributed by atoms with Crippen LogP contribution in [-0.4, -0.2) is 96.7 Å². The molecule has 19 heteroatoms. The van der Waals surface area contributed by atoms with Crippen molar-refractivity contribution in [2.24, 2.45) is 0 Å². The highest BCUT2D eigenvalue weighted by atomic mass is 31.2. The van der Waals surface area contributed by atoms with Crippen molar-refractivity contribution in [2.75, 3.05) is 39.6 Å². The number of phosphoric ester groups is 2. The second-order valence-corrected chi connectivity index (χ2v) is 29.2. The third-order valence-corrected chi connectivity index (χ3v) is 18.5. The highest BCUT2D eigenvalue weighted by Gasteiger charge is 2.30. The Kier molecular flexibility index (Phi) is 69.3. The molecule has 0 aromatic rings. The van der Waals surface area contributed by atoms with Crippen molar-refractivity contribution in [3.63, 3.8) is 0 Å². The normalized spacial score (nSPS) is 14.3. The topological polar surface area (TPSA) is 237 Å². The fourth-order valence-electron chi connectivity index (χ4n) is 10.6. The average Bonchev–Trinajstić information content (AvgIpc) is 1.04. The van der Waals surface area contributed by atoms with E-state index < -0.39 is 97.5 Å². The maximum absolute atomic E-state index is 13.1. The van der Waals surface area contributed by atoms with E-state index >= 15 is 0 Å². The van der Waals surface area contributed by atoms with E-state index in [0.717, 1.165) is 154 Å². The summed E-state index contributed by atoms with van der Waals surface area (Å²) in [6, 6.07) is 0. The molecule has 0 bridgehead atoms. The van der Waals surface area contributed by atoms with Gasteiger partial charge in [0, 0.05) is 25.7 Å². The Morgan fingerprint density at radius 2 is 0.500 bits per heavy atom. The lowest BCUT2D eigenvalue weighted by Gasteiger charge is -2.21. The van der Waals surface area contributed by atoms with Crippen molar-refractivity contribution in [2.45, 2.75) is 367 Å². The van der Waals surface area contributed by atoms with Gasteiger partial charge in [0.2, 0.25) is 0 Å². The second-order valence-electron chi connectivity index (χ2n) is 26.3. The van der Waals surface area contributed by atoms with E-state index in [1.807, 2.05) is 0 Å². The molecule has 0 fully saturated rings. The Hall–Kier alpha value is -3.50. The molecule has 98 heavy (non-hydrogen) atoms. The molecule has 0 amide bonds. The van der Waals surface area contributed by atoms with Gasteiger partial charge in [-0.25, -0.2) is 9.13 Å². The van der Waals surface area contributed by atoms with Crippen LogP contribution in [-0.2, 0) is 65.4 Å². The van der Waals surface area contributed by atoms with Crippen molar-refractivity contribution in [3.05, 3.63) is 72.9 Å². The monoisotopic (exact) mass is 1420 g/mol. The number of carbonyl (C=O) groups excluding carboxylic acids is 4. The Labute approximate surface area is 596 Å². The van der Waals surface area contributed by atoms with Crippen LogP contribution in [0.2, 0.25) is 0 Å². The quantitative estimate of drug-likeness (QED) is 0.0169. The second kappa shape index (κ2) is 71.9. The number of aliphatic hydroxyl groups excluding tert-OH is 1. The predicted octanol–water partition coefficient (Wildman–Crippen LogP) is 22.4. The number of aliphatic hydroxyl groups is 1. The summed E-state index contributed by atoms with van der Waals surface area (Å²) in [7, 11) is -9.95. The maximum Gasteiger partial charge on any atom is 0.472 e. The molecule has 17 nitrogen and oxygen atoms in total. The third kappa shape index (κ3) is 70.9. The number of esters is 4.